The predicted octanol–water partition coefficient (Wildman–Crippen LogP) is 3.63. The molecule has 35 heavy (non-hydrogen) atoms. The summed E-state index contributed by atoms with van der Waals surface area (Å²) in [5.41, 5.74) is 1.86. The number of ether oxygens (including phenoxy) is 1. The molecule has 186 valence electrons. The highest BCUT2D eigenvalue weighted by atomic mass is 32.2. The van der Waals surface area contributed by atoms with Crippen molar-refractivity contribution in [3.63, 3.8) is 0 Å². The Kier molecular flexibility index (Phi) is 6.96. The first-order valence-electron chi connectivity index (χ1n) is 11.3. The Morgan fingerprint density at radius 2 is 1.97 bits per heavy atom. The van der Waals surface area contributed by atoms with Crippen molar-refractivity contribution in [2.24, 2.45) is 0 Å². The van der Waals surface area contributed by atoms with Gasteiger partial charge in [-0.2, -0.15) is 4.37 Å². The largest absolute Gasteiger partial charge is 0.493 e. The summed E-state index contributed by atoms with van der Waals surface area (Å²) < 4.78 is 64.5. The highest BCUT2D eigenvalue weighted by molar-refractivity contribution is 7.93. The fourth-order valence-corrected chi connectivity index (χ4v) is 6.46. The van der Waals surface area contributed by atoms with E-state index in [1.165, 1.54) is 24.5 Å². The molecule has 0 unspecified atom stereocenters. The lowest BCUT2D eigenvalue weighted by Gasteiger charge is -2.46. The molecule has 8 nitrogen and oxygen atoms in total. The molecule has 1 aromatic heterocycles. The van der Waals surface area contributed by atoms with Gasteiger partial charge in [0, 0.05) is 67.8 Å². The second-order valence-corrected chi connectivity index (χ2v) is 11.0. The molecule has 1 saturated heterocycles. The van der Waals surface area contributed by atoms with Crippen LogP contribution in [0.25, 0.3) is 0 Å². The maximum absolute atomic E-state index is 13.6. The first kappa shape index (κ1) is 24.0. The standard InChI is InChI=1S/C23H25F2N5O3S2/c24-8-9-29-10-11-30(21(14-29)16-1-3-17(25)4-2-16)20-7-12-33-22-13-18(5-6-19(20)22)35(31,32)28-23-26-15-27-34-23/h1-6,13,15,20-21H,7-12,14H2,(H,26,27,28)/t20-,21-/m0/s1. The highest BCUT2D eigenvalue weighted by Gasteiger charge is 2.36. The summed E-state index contributed by atoms with van der Waals surface area (Å²) in [6.45, 7) is 2.42. The maximum atomic E-state index is 13.6. The van der Waals surface area contributed by atoms with E-state index in [2.05, 4.69) is 23.9 Å². The molecule has 0 aliphatic carbocycles. The van der Waals surface area contributed by atoms with Gasteiger partial charge in [0.25, 0.3) is 10.0 Å². The van der Waals surface area contributed by atoms with Gasteiger partial charge in [0.15, 0.2) is 0 Å². The molecule has 2 aromatic carbocycles. The van der Waals surface area contributed by atoms with Crippen LogP contribution in [0.5, 0.6) is 5.75 Å². The third-order valence-electron chi connectivity index (χ3n) is 6.45. The van der Waals surface area contributed by atoms with Crippen molar-refractivity contribution in [1.82, 2.24) is 19.2 Å². The molecule has 3 aromatic rings. The van der Waals surface area contributed by atoms with Crippen LogP contribution in [-0.4, -0.2) is 67.0 Å². The van der Waals surface area contributed by atoms with Gasteiger partial charge < -0.3 is 4.74 Å². The Labute approximate surface area is 206 Å². The molecule has 2 atom stereocenters. The molecule has 0 radical (unpaired) electrons. The zero-order chi connectivity index (χ0) is 24.4. The van der Waals surface area contributed by atoms with Crippen LogP contribution < -0.4 is 9.46 Å². The summed E-state index contributed by atoms with van der Waals surface area (Å²) in [4.78, 5) is 8.38. The Morgan fingerprint density at radius 3 is 2.71 bits per heavy atom. The smallest absolute Gasteiger partial charge is 0.263 e. The van der Waals surface area contributed by atoms with Gasteiger partial charge >= 0.3 is 0 Å². The van der Waals surface area contributed by atoms with Crippen molar-refractivity contribution >= 4 is 26.7 Å². The number of alkyl halides is 1. The molecular weight excluding hydrogens is 496 g/mol. The highest BCUT2D eigenvalue weighted by Crippen LogP contribution is 2.42. The van der Waals surface area contributed by atoms with Crippen molar-refractivity contribution in [2.45, 2.75) is 23.4 Å². The monoisotopic (exact) mass is 521 g/mol. The van der Waals surface area contributed by atoms with E-state index in [1.807, 2.05) is 0 Å². The molecule has 5 rings (SSSR count). The number of nitrogens with zero attached hydrogens (tertiary/aromatic N) is 4. The molecule has 1 N–H and O–H groups in total. The molecular formula is C23H25F2N5O3S2. The van der Waals surface area contributed by atoms with Crippen LogP contribution in [-0.2, 0) is 10.0 Å². The number of sulfonamides is 1. The molecule has 3 heterocycles. The SMILES string of the molecule is O=S(=O)(Nc1ncns1)c1ccc2c(c1)OCC[C@@H]2N1CCN(CCF)C[C@H]1c1ccc(F)cc1. The number of anilines is 1. The van der Waals surface area contributed by atoms with Crippen molar-refractivity contribution in [3.8, 4) is 5.75 Å². The van der Waals surface area contributed by atoms with Crippen LogP contribution in [0.4, 0.5) is 13.9 Å². The number of aromatic nitrogens is 2. The van der Waals surface area contributed by atoms with Gasteiger partial charge in [-0.05, 0) is 23.8 Å². The Morgan fingerprint density at radius 1 is 1.14 bits per heavy atom. The lowest BCUT2D eigenvalue weighted by Crippen LogP contribution is -2.50. The van der Waals surface area contributed by atoms with Gasteiger partial charge in [0.1, 0.15) is 24.6 Å². The summed E-state index contributed by atoms with van der Waals surface area (Å²) in [5.74, 6) is 0.217. The Bertz CT molecular complexity index is 1260. The summed E-state index contributed by atoms with van der Waals surface area (Å²) >= 11 is 0.955. The van der Waals surface area contributed by atoms with E-state index in [0.29, 0.717) is 38.5 Å². The van der Waals surface area contributed by atoms with Crippen LogP contribution in [0.15, 0.2) is 53.7 Å². The van der Waals surface area contributed by atoms with Gasteiger partial charge in [-0.3, -0.25) is 14.5 Å². The predicted molar refractivity (Wildman–Crippen MR) is 128 cm³/mol. The lowest BCUT2D eigenvalue weighted by molar-refractivity contribution is 0.0218. The van der Waals surface area contributed by atoms with E-state index in [9.17, 15) is 17.2 Å². The number of fused-ring (bicyclic) bond motifs is 1. The van der Waals surface area contributed by atoms with Crippen molar-refractivity contribution in [2.75, 3.05) is 44.2 Å². The van der Waals surface area contributed by atoms with Crippen LogP contribution in [0, 0.1) is 5.82 Å². The van der Waals surface area contributed by atoms with E-state index in [4.69, 9.17) is 4.74 Å². The topological polar surface area (TPSA) is 87.7 Å². The Balaban J connectivity index is 1.44. The number of benzene rings is 2. The summed E-state index contributed by atoms with van der Waals surface area (Å²) in [6, 6.07) is 11.3. The zero-order valence-electron chi connectivity index (χ0n) is 18.8. The van der Waals surface area contributed by atoms with Gasteiger partial charge in [-0.25, -0.2) is 22.2 Å². The van der Waals surface area contributed by atoms with E-state index in [0.717, 1.165) is 29.1 Å². The summed E-state index contributed by atoms with van der Waals surface area (Å²) in [5, 5.41) is 0.190. The van der Waals surface area contributed by atoms with Crippen molar-refractivity contribution in [1.29, 1.82) is 0 Å². The quantitative estimate of drug-likeness (QED) is 0.508. The molecule has 0 amide bonds. The average Bonchev–Trinajstić information content (AvgIpc) is 3.36. The molecule has 12 heteroatoms. The fraction of sp³-hybridized carbons (Fsp3) is 0.391. The lowest BCUT2D eigenvalue weighted by atomic mass is 9.93. The van der Waals surface area contributed by atoms with Crippen molar-refractivity contribution in [3.05, 3.63) is 65.7 Å². The minimum Gasteiger partial charge on any atom is -0.493 e. The number of piperazine rings is 1. The van der Waals surface area contributed by atoms with Crippen LogP contribution >= 0.6 is 11.5 Å². The van der Waals surface area contributed by atoms with Crippen LogP contribution in [0.3, 0.4) is 0 Å². The van der Waals surface area contributed by atoms with E-state index < -0.39 is 16.7 Å². The minimum absolute atomic E-state index is 0.0193. The summed E-state index contributed by atoms with van der Waals surface area (Å²) in [6.07, 6.45) is 2.01. The molecule has 2 aliphatic rings. The zero-order valence-corrected chi connectivity index (χ0v) is 20.4. The minimum atomic E-state index is -3.84. The van der Waals surface area contributed by atoms with Crippen LogP contribution in [0.1, 0.15) is 29.6 Å². The van der Waals surface area contributed by atoms with Gasteiger partial charge in [0.2, 0.25) is 5.13 Å². The van der Waals surface area contributed by atoms with Crippen LogP contribution in [0.2, 0.25) is 0 Å². The Hall–Kier alpha value is -2.67. The number of halogens is 2. The van der Waals surface area contributed by atoms with E-state index in [-0.39, 0.29) is 27.9 Å². The summed E-state index contributed by atoms with van der Waals surface area (Å²) in [7, 11) is -3.84. The third kappa shape index (κ3) is 5.15. The number of rotatable bonds is 7. The molecule has 1 fully saturated rings. The van der Waals surface area contributed by atoms with Crippen molar-refractivity contribution < 1.29 is 21.9 Å². The first-order chi connectivity index (χ1) is 16.9. The number of hydrogen-bond acceptors (Lipinski definition) is 8. The average molecular weight is 522 g/mol. The molecule has 2 aliphatic heterocycles. The first-order valence-corrected chi connectivity index (χ1v) is 13.6. The molecule has 0 bridgehead atoms. The van der Waals surface area contributed by atoms with E-state index >= 15 is 0 Å². The maximum Gasteiger partial charge on any atom is 0.263 e. The van der Waals surface area contributed by atoms with Gasteiger partial charge in [-0.1, -0.05) is 18.2 Å². The van der Waals surface area contributed by atoms with Gasteiger partial charge in [0.05, 0.1) is 11.5 Å². The molecule has 0 spiro atoms. The second-order valence-electron chi connectivity index (χ2n) is 8.50. The fourth-order valence-electron chi connectivity index (χ4n) is 4.79. The third-order valence-corrected chi connectivity index (χ3v) is 8.49. The van der Waals surface area contributed by atoms with E-state index in [1.54, 1.807) is 24.3 Å². The number of nitrogens with one attached hydrogen (secondary N) is 1. The normalized spacial score (nSPS) is 21.3. The molecule has 0 saturated carbocycles. The second kappa shape index (κ2) is 10.1. The number of hydrogen-bond donors (Lipinski definition) is 1. The van der Waals surface area contributed by atoms with Gasteiger partial charge in [-0.15, -0.1) is 0 Å².